The van der Waals surface area contributed by atoms with Gasteiger partial charge in [-0.25, -0.2) is 9.97 Å². The third-order valence-electron chi connectivity index (χ3n) is 6.01. The van der Waals surface area contributed by atoms with Crippen molar-refractivity contribution in [2.75, 3.05) is 49.6 Å². The lowest BCUT2D eigenvalue weighted by Gasteiger charge is -2.33. The zero-order valence-electron chi connectivity index (χ0n) is 17.4. The van der Waals surface area contributed by atoms with E-state index in [0.717, 1.165) is 81.3 Å². The van der Waals surface area contributed by atoms with Crippen molar-refractivity contribution in [3.8, 4) is 0 Å². The van der Waals surface area contributed by atoms with E-state index >= 15 is 0 Å². The van der Waals surface area contributed by atoms with Gasteiger partial charge >= 0.3 is 0 Å². The monoisotopic (exact) mass is 408 g/mol. The van der Waals surface area contributed by atoms with Crippen molar-refractivity contribution in [2.24, 2.45) is 0 Å². The molecule has 0 radical (unpaired) electrons. The third-order valence-corrected chi connectivity index (χ3v) is 6.01. The summed E-state index contributed by atoms with van der Waals surface area (Å²) in [5, 5.41) is 8.91. The average molecular weight is 409 g/mol. The van der Waals surface area contributed by atoms with E-state index in [9.17, 15) is 0 Å². The Morgan fingerprint density at radius 2 is 1.97 bits per heavy atom. The van der Waals surface area contributed by atoms with Crippen LogP contribution in [0, 0.1) is 6.92 Å². The Morgan fingerprint density at radius 1 is 1.13 bits per heavy atom. The molecule has 8 heteroatoms. The summed E-state index contributed by atoms with van der Waals surface area (Å²) in [5.41, 5.74) is 3.45. The maximum Gasteiger partial charge on any atom is 0.131 e. The molecular formula is C22H28N6O2. The van der Waals surface area contributed by atoms with Crippen molar-refractivity contribution in [3.63, 3.8) is 0 Å². The molecule has 3 aromatic rings. The molecule has 5 rings (SSSR count). The number of hydrogen-bond donors (Lipinski definition) is 1. The van der Waals surface area contributed by atoms with Gasteiger partial charge in [-0.1, -0.05) is 5.16 Å². The number of morpholine rings is 1. The maximum absolute atomic E-state index is 5.51. The summed E-state index contributed by atoms with van der Waals surface area (Å²) in [6, 6.07) is 6.85. The number of nitrogens with one attached hydrogen (secondary N) is 1. The summed E-state index contributed by atoms with van der Waals surface area (Å²) in [6.45, 7) is 8.31. The Kier molecular flexibility index (Phi) is 5.50. The van der Waals surface area contributed by atoms with Gasteiger partial charge in [0, 0.05) is 56.0 Å². The lowest BCUT2D eigenvalue weighted by molar-refractivity contribution is 0.122. The predicted octanol–water partition coefficient (Wildman–Crippen LogP) is 2.84. The van der Waals surface area contributed by atoms with E-state index in [-0.39, 0.29) is 0 Å². The number of aryl methyl sites for hydroxylation is 1. The van der Waals surface area contributed by atoms with Crippen LogP contribution in [-0.4, -0.2) is 65.5 Å². The summed E-state index contributed by atoms with van der Waals surface area (Å²) in [7, 11) is 0. The Labute approximate surface area is 176 Å². The van der Waals surface area contributed by atoms with Gasteiger partial charge in [-0.05, 0) is 43.5 Å². The van der Waals surface area contributed by atoms with Crippen LogP contribution in [-0.2, 0) is 11.3 Å². The van der Waals surface area contributed by atoms with E-state index in [1.165, 1.54) is 11.3 Å². The summed E-state index contributed by atoms with van der Waals surface area (Å²) >= 11 is 0. The number of ether oxygens (including phenoxy) is 1. The Balaban J connectivity index is 1.25. The number of nitrogens with zero attached hydrogens (tertiary/aromatic N) is 5. The standard InChI is InChI=1S/C22H28N6O2/c1-16-23-5-2-21(24-16)25-19-3-6-27(7-4-19)14-17-12-20(28-8-10-29-11-9-28)13-18-15-30-26-22(17)18/h2,5,12-13,15,19H,3-4,6-11,14H2,1H3,(H,23,24,25). The SMILES string of the molecule is Cc1nccc(NC2CCN(Cc3cc(N4CCOCC4)cc4conc34)CC2)n1. The molecule has 0 spiro atoms. The topological polar surface area (TPSA) is 79.6 Å². The molecule has 0 amide bonds. The number of piperidine rings is 1. The quantitative estimate of drug-likeness (QED) is 0.690. The van der Waals surface area contributed by atoms with Crippen LogP contribution >= 0.6 is 0 Å². The van der Waals surface area contributed by atoms with Gasteiger partial charge in [0.25, 0.3) is 0 Å². The summed E-state index contributed by atoms with van der Waals surface area (Å²) in [6.07, 6.45) is 5.75. The average Bonchev–Trinajstić information content (AvgIpc) is 3.25. The lowest BCUT2D eigenvalue weighted by atomic mass is 10.0. The molecule has 0 unspecified atom stereocenters. The second kappa shape index (κ2) is 8.57. The highest BCUT2D eigenvalue weighted by Crippen LogP contribution is 2.28. The summed E-state index contributed by atoms with van der Waals surface area (Å²) < 4.78 is 10.8. The minimum atomic E-state index is 0.447. The Hall–Kier alpha value is -2.71. The molecule has 0 atom stereocenters. The highest BCUT2D eigenvalue weighted by Gasteiger charge is 2.22. The minimum absolute atomic E-state index is 0.447. The molecule has 2 fully saturated rings. The van der Waals surface area contributed by atoms with Crippen molar-refractivity contribution in [3.05, 3.63) is 42.0 Å². The summed E-state index contributed by atoms with van der Waals surface area (Å²) in [5.74, 6) is 1.72. The van der Waals surface area contributed by atoms with Crippen molar-refractivity contribution in [2.45, 2.75) is 32.4 Å². The molecule has 8 nitrogen and oxygen atoms in total. The predicted molar refractivity (Wildman–Crippen MR) is 116 cm³/mol. The summed E-state index contributed by atoms with van der Waals surface area (Å²) in [4.78, 5) is 13.5. The van der Waals surface area contributed by atoms with Crippen molar-refractivity contribution in [1.29, 1.82) is 0 Å². The van der Waals surface area contributed by atoms with Crippen LogP contribution in [0.5, 0.6) is 0 Å². The highest BCUT2D eigenvalue weighted by atomic mass is 16.5. The van der Waals surface area contributed by atoms with Crippen LogP contribution in [0.3, 0.4) is 0 Å². The van der Waals surface area contributed by atoms with Crippen LogP contribution in [0.15, 0.2) is 35.2 Å². The van der Waals surface area contributed by atoms with E-state index < -0.39 is 0 Å². The number of fused-ring (bicyclic) bond motifs is 1. The molecule has 158 valence electrons. The minimum Gasteiger partial charge on any atom is -0.378 e. The molecule has 30 heavy (non-hydrogen) atoms. The number of hydrogen-bond acceptors (Lipinski definition) is 8. The van der Waals surface area contributed by atoms with E-state index in [1.807, 2.05) is 19.2 Å². The first-order chi connectivity index (χ1) is 14.7. The smallest absolute Gasteiger partial charge is 0.131 e. The maximum atomic E-state index is 5.51. The molecule has 0 aliphatic carbocycles. The normalized spacial score (nSPS) is 18.8. The molecule has 2 aliphatic rings. The van der Waals surface area contributed by atoms with E-state index in [4.69, 9.17) is 9.26 Å². The molecule has 1 N–H and O–H groups in total. The van der Waals surface area contributed by atoms with Crippen LogP contribution in [0.4, 0.5) is 11.5 Å². The van der Waals surface area contributed by atoms with Gasteiger partial charge in [0.1, 0.15) is 23.4 Å². The first-order valence-electron chi connectivity index (χ1n) is 10.7. The van der Waals surface area contributed by atoms with E-state index in [1.54, 1.807) is 6.26 Å². The molecule has 2 saturated heterocycles. The fourth-order valence-electron chi connectivity index (χ4n) is 4.39. The van der Waals surface area contributed by atoms with Crippen molar-refractivity contribution >= 4 is 22.4 Å². The van der Waals surface area contributed by atoms with Crippen LogP contribution in [0.2, 0.25) is 0 Å². The largest absolute Gasteiger partial charge is 0.378 e. The molecule has 0 bridgehead atoms. The van der Waals surface area contributed by atoms with Gasteiger partial charge in [0.15, 0.2) is 0 Å². The Morgan fingerprint density at radius 3 is 2.77 bits per heavy atom. The molecule has 2 aromatic heterocycles. The third kappa shape index (κ3) is 4.24. The lowest BCUT2D eigenvalue weighted by Crippen LogP contribution is -2.39. The number of rotatable bonds is 5. The number of anilines is 2. The number of likely N-dealkylation sites (tertiary alicyclic amines) is 1. The van der Waals surface area contributed by atoms with Crippen LogP contribution in [0.25, 0.3) is 10.9 Å². The van der Waals surface area contributed by atoms with Gasteiger partial charge in [0.05, 0.1) is 13.2 Å². The fraction of sp³-hybridized carbons (Fsp3) is 0.500. The van der Waals surface area contributed by atoms with Crippen LogP contribution < -0.4 is 10.2 Å². The van der Waals surface area contributed by atoms with Gasteiger partial charge in [-0.2, -0.15) is 0 Å². The second-order valence-corrected chi connectivity index (χ2v) is 8.14. The molecule has 4 heterocycles. The van der Waals surface area contributed by atoms with Gasteiger partial charge in [0.2, 0.25) is 0 Å². The van der Waals surface area contributed by atoms with Crippen LogP contribution in [0.1, 0.15) is 24.2 Å². The number of aromatic nitrogens is 3. The van der Waals surface area contributed by atoms with Gasteiger partial charge in [-0.15, -0.1) is 0 Å². The molecule has 1 aromatic carbocycles. The molecular weight excluding hydrogens is 380 g/mol. The first-order valence-corrected chi connectivity index (χ1v) is 10.7. The van der Waals surface area contributed by atoms with E-state index in [0.29, 0.717) is 6.04 Å². The van der Waals surface area contributed by atoms with E-state index in [2.05, 4.69) is 42.4 Å². The Bertz CT molecular complexity index is 992. The zero-order valence-corrected chi connectivity index (χ0v) is 17.4. The van der Waals surface area contributed by atoms with Gasteiger partial charge in [-0.3, -0.25) is 4.90 Å². The first kappa shape index (κ1) is 19.3. The number of benzene rings is 1. The fourth-order valence-corrected chi connectivity index (χ4v) is 4.39. The van der Waals surface area contributed by atoms with Crippen molar-refractivity contribution in [1.82, 2.24) is 20.0 Å². The van der Waals surface area contributed by atoms with Crippen molar-refractivity contribution < 1.29 is 9.26 Å². The highest BCUT2D eigenvalue weighted by molar-refractivity contribution is 5.85. The second-order valence-electron chi connectivity index (χ2n) is 8.14. The molecule has 2 aliphatic heterocycles. The van der Waals surface area contributed by atoms with Gasteiger partial charge < -0.3 is 19.5 Å². The zero-order chi connectivity index (χ0) is 20.3. The molecule has 0 saturated carbocycles.